The number of nitrogens with one attached hydrogen (secondary N) is 1. The van der Waals surface area contributed by atoms with E-state index in [1.54, 1.807) is 25.5 Å². The van der Waals surface area contributed by atoms with Crippen LogP contribution >= 0.6 is 22.6 Å². The molecule has 1 fully saturated rings. The van der Waals surface area contributed by atoms with Crippen LogP contribution in [-0.2, 0) is 4.74 Å². The Hall–Kier alpha value is -2.47. The Morgan fingerprint density at radius 1 is 1.41 bits per heavy atom. The maximum atomic E-state index is 14.1. The molecule has 8 nitrogen and oxygen atoms in total. The van der Waals surface area contributed by atoms with Gasteiger partial charge in [-0.2, -0.15) is 10.1 Å². The number of anilines is 2. The Balaban J connectivity index is 1.72. The van der Waals surface area contributed by atoms with Crippen LogP contribution in [0, 0.1) is 9.39 Å². The van der Waals surface area contributed by atoms with E-state index in [4.69, 9.17) is 14.2 Å². The first-order valence-corrected chi connectivity index (χ1v) is 9.95. The maximum Gasteiger partial charge on any atom is 0.245 e. The monoisotopic (exact) mass is 513 g/mol. The minimum Gasteiger partial charge on any atom is -0.493 e. The molecule has 1 aromatic carbocycles. The molecule has 29 heavy (non-hydrogen) atoms. The summed E-state index contributed by atoms with van der Waals surface area (Å²) in [6, 6.07) is 3.70. The minimum atomic E-state index is -0.476. The highest BCUT2D eigenvalue weighted by Gasteiger charge is 2.17. The average Bonchev–Trinajstić information content (AvgIpc) is 2.74. The van der Waals surface area contributed by atoms with E-state index in [2.05, 4.69) is 49.7 Å². The predicted molar refractivity (Wildman–Crippen MR) is 118 cm³/mol. The number of hydrogen-bond donors (Lipinski definition) is 1. The van der Waals surface area contributed by atoms with Crippen LogP contribution in [0.1, 0.15) is 5.56 Å². The van der Waals surface area contributed by atoms with Gasteiger partial charge in [-0.25, -0.2) is 14.8 Å². The number of hydrazone groups is 1. The number of methoxy groups -OCH3 is 1. The van der Waals surface area contributed by atoms with Crippen LogP contribution in [0.2, 0.25) is 0 Å². The predicted octanol–water partition coefficient (Wildman–Crippen LogP) is 3.08. The molecule has 0 atom stereocenters. The van der Waals surface area contributed by atoms with Gasteiger partial charge in [-0.3, -0.25) is 0 Å². The Morgan fingerprint density at radius 2 is 2.21 bits per heavy atom. The third kappa shape index (κ3) is 5.54. The zero-order valence-electron chi connectivity index (χ0n) is 15.9. The Labute approximate surface area is 181 Å². The number of ether oxygens (including phenoxy) is 3. The molecular weight excluding hydrogens is 492 g/mol. The second kappa shape index (κ2) is 10.3. The van der Waals surface area contributed by atoms with Gasteiger partial charge in [0.15, 0.2) is 23.1 Å². The number of rotatable bonds is 8. The molecule has 2 aromatic rings. The first-order chi connectivity index (χ1) is 14.1. The van der Waals surface area contributed by atoms with E-state index in [0.717, 1.165) is 15.3 Å². The number of benzene rings is 1. The van der Waals surface area contributed by atoms with Crippen molar-refractivity contribution >= 4 is 40.6 Å². The summed E-state index contributed by atoms with van der Waals surface area (Å²) in [5.41, 5.74) is 3.53. The van der Waals surface area contributed by atoms with Crippen molar-refractivity contribution in [3.05, 3.63) is 45.9 Å². The molecule has 0 saturated carbocycles. The van der Waals surface area contributed by atoms with Crippen molar-refractivity contribution in [2.45, 2.75) is 0 Å². The van der Waals surface area contributed by atoms with Crippen LogP contribution in [0.3, 0.4) is 0 Å². The van der Waals surface area contributed by atoms with Crippen molar-refractivity contribution in [3.8, 4) is 11.5 Å². The molecule has 0 spiro atoms. The van der Waals surface area contributed by atoms with Crippen molar-refractivity contribution in [2.24, 2.45) is 5.10 Å². The fraction of sp³-hybridized carbons (Fsp3) is 0.316. The van der Waals surface area contributed by atoms with E-state index in [1.807, 2.05) is 11.0 Å². The molecule has 1 saturated heterocycles. The van der Waals surface area contributed by atoms with E-state index >= 15 is 0 Å². The normalized spacial score (nSPS) is 14.1. The summed E-state index contributed by atoms with van der Waals surface area (Å²) >= 11 is 2.17. The van der Waals surface area contributed by atoms with Crippen LogP contribution in [-0.4, -0.2) is 56.2 Å². The highest BCUT2D eigenvalue weighted by molar-refractivity contribution is 14.1. The van der Waals surface area contributed by atoms with Crippen LogP contribution < -0.4 is 19.8 Å². The number of nitrogens with zero attached hydrogens (tertiary/aromatic N) is 4. The quantitative estimate of drug-likeness (QED) is 0.252. The molecule has 0 aliphatic carbocycles. The van der Waals surface area contributed by atoms with Crippen LogP contribution in [0.15, 0.2) is 36.1 Å². The largest absolute Gasteiger partial charge is 0.493 e. The van der Waals surface area contributed by atoms with Gasteiger partial charge in [0, 0.05) is 13.1 Å². The van der Waals surface area contributed by atoms with Gasteiger partial charge in [0.1, 0.15) is 6.61 Å². The molecular formula is C19H21FIN5O3. The van der Waals surface area contributed by atoms with Gasteiger partial charge < -0.3 is 19.1 Å². The molecule has 10 heteroatoms. The number of hydrogen-bond acceptors (Lipinski definition) is 8. The molecule has 1 aliphatic rings. The molecule has 154 valence electrons. The topological polar surface area (TPSA) is 81.1 Å². The fourth-order valence-electron chi connectivity index (χ4n) is 2.67. The zero-order chi connectivity index (χ0) is 20.6. The highest BCUT2D eigenvalue weighted by atomic mass is 127. The van der Waals surface area contributed by atoms with E-state index in [1.165, 1.54) is 0 Å². The summed E-state index contributed by atoms with van der Waals surface area (Å²) in [7, 11) is 1.57. The summed E-state index contributed by atoms with van der Waals surface area (Å²) in [5.74, 6) is 1.21. The molecule has 0 unspecified atom stereocenters. The lowest BCUT2D eigenvalue weighted by Gasteiger charge is -2.27. The van der Waals surface area contributed by atoms with Gasteiger partial charge >= 0.3 is 0 Å². The second-order valence-electron chi connectivity index (χ2n) is 5.97. The van der Waals surface area contributed by atoms with Crippen molar-refractivity contribution in [3.63, 3.8) is 0 Å². The van der Waals surface area contributed by atoms with Crippen molar-refractivity contribution in [1.29, 1.82) is 0 Å². The number of morpholine rings is 1. The fourth-order valence-corrected chi connectivity index (χ4v) is 3.45. The zero-order valence-corrected chi connectivity index (χ0v) is 18.1. The van der Waals surface area contributed by atoms with Crippen molar-refractivity contribution in [2.75, 3.05) is 50.3 Å². The summed E-state index contributed by atoms with van der Waals surface area (Å²) in [6.45, 7) is 6.27. The Bertz CT molecular complexity index is 890. The smallest absolute Gasteiger partial charge is 0.245 e. The van der Waals surface area contributed by atoms with Crippen LogP contribution in [0.25, 0.3) is 0 Å². The first kappa shape index (κ1) is 21.2. The van der Waals surface area contributed by atoms with E-state index in [9.17, 15) is 4.39 Å². The molecule has 3 rings (SSSR count). The van der Waals surface area contributed by atoms with Crippen LogP contribution in [0.4, 0.5) is 16.2 Å². The van der Waals surface area contributed by atoms with Crippen molar-refractivity contribution in [1.82, 2.24) is 9.97 Å². The lowest BCUT2D eigenvalue weighted by Crippen LogP contribution is -2.37. The molecule has 2 heterocycles. The molecule has 0 amide bonds. The van der Waals surface area contributed by atoms with Gasteiger partial charge in [-0.15, -0.1) is 0 Å². The van der Waals surface area contributed by atoms with Crippen LogP contribution in [0.5, 0.6) is 11.5 Å². The lowest BCUT2D eigenvalue weighted by atomic mass is 10.2. The highest BCUT2D eigenvalue weighted by Crippen LogP contribution is 2.33. The molecule has 1 aliphatic heterocycles. The standard InChI is InChI=1S/C19H21FIN5O3/c1-3-6-29-17-15(21)9-13(10-16(17)27-2)11-23-25-19-22-12-14(20)18(24-19)26-4-7-28-8-5-26/h3,9-12H,1,4-8H2,2H3,(H,22,24,25)/b23-11-. The molecule has 1 aromatic heterocycles. The summed E-state index contributed by atoms with van der Waals surface area (Å²) in [6.07, 6.45) is 4.40. The Kier molecular flexibility index (Phi) is 7.58. The van der Waals surface area contributed by atoms with Gasteiger partial charge in [-0.1, -0.05) is 12.7 Å². The molecule has 0 radical (unpaired) electrons. The third-order valence-electron chi connectivity index (χ3n) is 4.01. The van der Waals surface area contributed by atoms with Gasteiger partial charge in [-0.05, 0) is 40.3 Å². The SMILES string of the molecule is C=CCOc1c(I)cc(/C=N\Nc2ncc(F)c(N3CCOCC3)n2)cc1OC. The average molecular weight is 513 g/mol. The molecule has 1 N–H and O–H groups in total. The van der Waals surface area contributed by atoms with E-state index in [0.29, 0.717) is 44.4 Å². The number of aromatic nitrogens is 2. The first-order valence-electron chi connectivity index (χ1n) is 8.88. The third-order valence-corrected chi connectivity index (χ3v) is 4.81. The van der Waals surface area contributed by atoms with E-state index < -0.39 is 5.82 Å². The molecule has 0 bridgehead atoms. The summed E-state index contributed by atoms with van der Waals surface area (Å²) in [4.78, 5) is 9.99. The van der Waals surface area contributed by atoms with E-state index in [-0.39, 0.29) is 11.8 Å². The number of halogens is 2. The Morgan fingerprint density at radius 3 is 2.93 bits per heavy atom. The summed E-state index contributed by atoms with van der Waals surface area (Å²) in [5, 5.41) is 4.15. The van der Waals surface area contributed by atoms with Gasteiger partial charge in [0.25, 0.3) is 0 Å². The second-order valence-corrected chi connectivity index (χ2v) is 7.13. The van der Waals surface area contributed by atoms with Gasteiger partial charge in [0.2, 0.25) is 5.95 Å². The van der Waals surface area contributed by atoms with Gasteiger partial charge in [0.05, 0.1) is 36.3 Å². The minimum absolute atomic E-state index is 0.205. The van der Waals surface area contributed by atoms with Crippen molar-refractivity contribution < 1.29 is 18.6 Å². The lowest BCUT2D eigenvalue weighted by molar-refractivity contribution is 0.122. The summed E-state index contributed by atoms with van der Waals surface area (Å²) < 4.78 is 31.3. The maximum absolute atomic E-state index is 14.1.